The number of rotatable bonds is 4. The second-order valence-electron chi connectivity index (χ2n) is 5.08. The zero-order valence-corrected chi connectivity index (χ0v) is 11.9. The number of ether oxygens (including phenoxy) is 1. The highest BCUT2D eigenvalue weighted by Crippen LogP contribution is 2.26. The Kier molecular flexibility index (Phi) is 4.83. The molecular formula is C16H23NO2. The lowest BCUT2D eigenvalue weighted by Crippen LogP contribution is -2.41. The Morgan fingerprint density at radius 2 is 1.95 bits per heavy atom. The van der Waals surface area contributed by atoms with E-state index < -0.39 is 0 Å². The molecule has 0 unspecified atom stereocenters. The fourth-order valence-corrected chi connectivity index (χ4v) is 2.94. The molecule has 1 fully saturated rings. The Morgan fingerprint density at radius 3 is 2.58 bits per heavy atom. The topological polar surface area (TPSA) is 29.5 Å². The van der Waals surface area contributed by atoms with E-state index in [4.69, 9.17) is 4.74 Å². The van der Waals surface area contributed by atoms with Crippen LogP contribution >= 0.6 is 0 Å². The van der Waals surface area contributed by atoms with Gasteiger partial charge in [0.15, 0.2) is 0 Å². The molecule has 104 valence electrons. The summed E-state index contributed by atoms with van der Waals surface area (Å²) < 4.78 is 5.30. The number of para-hydroxylation sites is 1. The first-order chi connectivity index (χ1) is 9.27. The molecule has 1 aliphatic rings. The Labute approximate surface area is 115 Å². The van der Waals surface area contributed by atoms with E-state index in [1.165, 1.54) is 19.3 Å². The van der Waals surface area contributed by atoms with Crippen LogP contribution < -0.4 is 4.74 Å². The molecule has 1 saturated carbocycles. The van der Waals surface area contributed by atoms with Gasteiger partial charge in [0.25, 0.3) is 5.91 Å². The van der Waals surface area contributed by atoms with Crippen LogP contribution in [0.3, 0.4) is 0 Å². The van der Waals surface area contributed by atoms with Crippen molar-refractivity contribution in [1.29, 1.82) is 0 Å². The summed E-state index contributed by atoms with van der Waals surface area (Å²) in [6.45, 7) is 2.82. The van der Waals surface area contributed by atoms with Crippen LogP contribution in [0.5, 0.6) is 5.75 Å². The average Bonchev–Trinajstić information content (AvgIpc) is 2.49. The normalized spacial score (nSPS) is 16.1. The van der Waals surface area contributed by atoms with Crippen molar-refractivity contribution in [2.45, 2.75) is 45.1 Å². The minimum Gasteiger partial charge on any atom is -0.496 e. The molecule has 1 amide bonds. The van der Waals surface area contributed by atoms with Gasteiger partial charge >= 0.3 is 0 Å². The van der Waals surface area contributed by atoms with Crippen LogP contribution in [-0.4, -0.2) is 30.5 Å². The Bertz CT molecular complexity index is 425. The fourth-order valence-electron chi connectivity index (χ4n) is 2.94. The Hall–Kier alpha value is -1.51. The Balaban J connectivity index is 2.19. The van der Waals surface area contributed by atoms with Gasteiger partial charge in [-0.15, -0.1) is 0 Å². The SMILES string of the molecule is CCN(C(=O)c1ccccc1OC)C1CCCCC1. The van der Waals surface area contributed by atoms with Gasteiger partial charge in [-0.1, -0.05) is 31.4 Å². The van der Waals surface area contributed by atoms with Crippen molar-refractivity contribution in [2.75, 3.05) is 13.7 Å². The number of nitrogens with zero attached hydrogens (tertiary/aromatic N) is 1. The first kappa shape index (κ1) is 13.9. The molecule has 0 radical (unpaired) electrons. The number of carbonyl (C=O) groups is 1. The quantitative estimate of drug-likeness (QED) is 0.830. The maximum absolute atomic E-state index is 12.7. The van der Waals surface area contributed by atoms with Crippen LogP contribution in [-0.2, 0) is 0 Å². The second-order valence-corrected chi connectivity index (χ2v) is 5.08. The predicted molar refractivity (Wildman–Crippen MR) is 76.6 cm³/mol. The van der Waals surface area contributed by atoms with Crippen LogP contribution in [0.15, 0.2) is 24.3 Å². The predicted octanol–water partition coefficient (Wildman–Crippen LogP) is 3.49. The molecule has 3 heteroatoms. The molecule has 0 aliphatic heterocycles. The first-order valence-electron chi connectivity index (χ1n) is 7.22. The summed E-state index contributed by atoms with van der Waals surface area (Å²) in [7, 11) is 1.61. The number of benzene rings is 1. The van der Waals surface area contributed by atoms with Gasteiger partial charge in [-0.05, 0) is 31.9 Å². The molecule has 1 aliphatic carbocycles. The van der Waals surface area contributed by atoms with Crippen LogP contribution in [0.4, 0.5) is 0 Å². The highest BCUT2D eigenvalue weighted by Gasteiger charge is 2.26. The number of amides is 1. The maximum Gasteiger partial charge on any atom is 0.257 e. The van der Waals surface area contributed by atoms with Gasteiger partial charge in [0.05, 0.1) is 12.7 Å². The van der Waals surface area contributed by atoms with E-state index in [0.717, 1.165) is 19.4 Å². The van der Waals surface area contributed by atoms with Gasteiger partial charge in [-0.25, -0.2) is 0 Å². The standard InChI is InChI=1S/C16H23NO2/c1-3-17(13-9-5-4-6-10-13)16(18)14-11-7-8-12-15(14)19-2/h7-8,11-13H,3-6,9-10H2,1-2H3. The third-order valence-corrected chi connectivity index (χ3v) is 3.95. The van der Waals surface area contributed by atoms with Crippen molar-refractivity contribution in [3.8, 4) is 5.75 Å². The van der Waals surface area contributed by atoms with Crippen molar-refractivity contribution in [1.82, 2.24) is 4.90 Å². The summed E-state index contributed by atoms with van der Waals surface area (Å²) >= 11 is 0. The number of hydrogen-bond donors (Lipinski definition) is 0. The summed E-state index contributed by atoms with van der Waals surface area (Å²) in [5, 5.41) is 0. The summed E-state index contributed by atoms with van der Waals surface area (Å²) in [5.74, 6) is 0.772. The van der Waals surface area contributed by atoms with Gasteiger partial charge in [0.2, 0.25) is 0 Å². The number of hydrogen-bond acceptors (Lipinski definition) is 2. The molecule has 0 saturated heterocycles. The molecule has 2 rings (SSSR count). The van der Waals surface area contributed by atoms with Crippen molar-refractivity contribution in [3.63, 3.8) is 0 Å². The van der Waals surface area contributed by atoms with Crippen LogP contribution in [0.2, 0.25) is 0 Å². The van der Waals surface area contributed by atoms with Crippen LogP contribution in [0.25, 0.3) is 0 Å². The molecule has 1 aromatic rings. The average molecular weight is 261 g/mol. The van der Waals surface area contributed by atoms with Crippen molar-refractivity contribution < 1.29 is 9.53 Å². The minimum absolute atomic E-state index is 0.104. The van der Waals surface area contributed by atoms with Gasteiger partial charge in [0, 0.05) is 12.6 Å². The summed E-state index contributed by atoms with van der Waals surface area (Å²) in [6, 6.07) is 7.89. The summed E-state index contributed by atoms with van der Waals surface area (Å²) in [6.07, 6.45) is 6.04. The monoisotopic (exact) mass is 261 g/mol. The molecular weight excluding hydrogens is 238 g/mol. The molecule has 0 atom stereocenters. The minimum atomic E-state index is 0.104. The van der Waals surface area contributed by atoms with E-state index in [2.05, 4.69) is 6.92 Å². The zero-order valence-electron chi connectivity index (χ0n) is 11.9. The number of methoxy groups -OCH3 is 1. The van der Waals surface area contributed by atoms with E-state index in [1.807, 2.05) is 29.2 Å². The molecule has 0 spiro atoms. The van der Waals surface area contributed by atoms with Gasteiger partial charge in [0.1, 0.15) is 5.75 Å². The van der Waals surface area contributed by atoms with Gasteiger partial charge in [-0.2, -0.15) is 0 Å². The molecule has 3 nitrogen and oxygen atoms in total. The largest absolute Gasteiger partial charge is 0.496 e. The molecule has 0 bridgehead atoms. The Morgan fingerprint density at radius 1 is 1.26 bits per heavy atom. The highest BCUT2D eigenvalue weighted by atomic mass is 16.5. The van der Waals surface area contributed by atoms with E-state index in [1.54, 1.807) is 7.11 Å². The lowest BCUT2D eigenvalue weighted by molar-refractivity contribution is 0.0644. The lowest BCUT2D eigenvalue weighted by Gasteiger charge is -2.34. The van der Waals surface area contributed by atoms with E-state index in [0.29, 0.717) is 17.4 Å². The maximum atomic E-state index is 12.7. The van der Waals surface area contributed by atoms with Gasteiger partial charge in [-0.3, -0.25) is 4.79 Å². The van der Waals surface area contributed by atoms with Crippen molar-refractivity contribution >= 4 is 5.91 Å². The number of carbonyl (C=O) groups excluding carboxylic acids is 1. The molecule has 1 aromatic carbocycles. The van der Waals surface area contributed by atoms with Crippen molar-refractivity contribution in [2.24, 2.45) is 0 Å². The van der Waals surface area contributed by atoms with Crippen LogP contribution in [0.1, 0.15) is 49.4 Å². The molecule has 0 N–H and O–H groups in total. The molecule has 0 heterocycles. The second kappa shape index (κ2) is 6.60. The molecule has 0 aromatic heterocycles. The third-order valence-electron chi connectivity index (χ3n) is 3.95. The smallest absolute Gasteiger partial charge is 0.257 e. The van der Waals surface area contributed by atoms with Gasteiger partial charge < -0.3 is 9.64 Å². The summed E-state index contributed by atoms with van der Waals surface area (Å²) in [4.78, 5) is 14.7. The fraction of sp³-hybridized carbons (Fsp3) is 0.562. The van der Waals surface area contributed by atoms with E-state index >= 15 is 0 Å². The van der Waals surface area contributed by atoms with E-state index in [-0.39, 0.29) is 5.91 Å². The zero-order chi connectivity index (χ0) is 13.7. The lowest BCUT2D eigenvalue weighted by atomic mass is 9.93. The highest BCUT2D eigenvalue weighted by molar-refractivity contribution is 5.97. The van der Waals surface area contributed by atoms with Crippen molar-refractivity contribution in [3.05, 3.63) is 29.8 Å². The molecule has 19 heavy (non-hydrogen) atoms. The third kappa shape index (κ3) is 3.09. The first-order valence-corrected chi connectivity index (χ1v) is 7.22. The van der Waals surface area contributed by atoms with E-state index in [9.17, 15) is 4.79 Å². The van der Waals surface area contributed by atoms with Crippen LogP contribution in [0, 0.1) is 0 Å². The summed E-state index contributed by atoms with van der Waals surface area (Å²) in [5.41, 5.74) is 0.678.